The second-order valence-electron chi connectivity index (χ2n) is 11.2. The van der Waals surface area contributed by atoms with Crippen molar-refractivity contribution in [2.24, 2.45) is 5.92 Å². The minimum absolute atomic E-state index is 0.0210. The van der Waals surface area contributed by atoms with Gasteiger partial charge in [-0.25, -0.2) is 15.4 Å². The number of amides is 1. The van der Waals surface area contributed by atoms with E-state index < -0.39 is 0 Å². The number of aromatic nitrogens is 3. The molecule has 0 bridgehead atoms. The van der Waals surface area contributed by atoms with Crippen LogP contribution in [0.25, 0.3) is 0 Å². The van der Waals surface area contributed by atoms with Crippen LogP contribution in [0.5, 0.6) is 0 Å². The summed E-state index contributed by atoms with van der Waals surface area (Å²) in [5, 5.41) is 1.07. The van der Waals surface area contributed by atoms with Crippen LogP contribution >= 0.6 is 23.2 Å². The molecule has 38 heavy (non-hydrogen) atoms. The van der Waals surface area contributed by atoms with Gasteiger partial charge in [0.15, 0.2) is 0 Å². The van der Waals surface area contributed by atoms with Crippen molar-refractivity contribution in [3.8, 4) is 0 Å². The highest BCUT2D eigenvalue weighted by atomic mass is 35.5. The van der Waals surface area contributed by atoms with Gasteiger partial charge < -0.3 is 14.5 Å². The normalized spacial score (nSPS) is 29.6. The Morgan fingerprint density at radius 2 is 1.76 bits per heavy atom. The van der Waals surface area contributed by atoms with Gasteiger partial charge in [-0.3, -0.25) is 15.2 Å². The van der Waals surface area contributed by atoms with Crippen LogP contribution in [0.2, 0.25) is 10.0 Å². The maximum absolute atomic E-state index is 12.1. The van der Waals surface area contributed by atoms with Crippen molar-refractivity contribution in [3.63, 3.8) is 0 Å². The lowest BCUT2D eigenvalue weighted by molar-refractivity contribution is -0.130. The Kier molecular flexibility index (Phi) is 7.24. The zero-order chi connectivity index (χ0) is 26.4. The van der Waals surface area contributed by atoms with Gasteiger partial charge in [0.2, 0.25) is 11.9 Å². The SMILES string of the molecule is C[C@@H](OC1CCC2NNC(c3cnc(N4CCC5(CCC(=O)N5C)CC4)nc3)C2C1)c1c(Cl)cncc1Cl. The van der Waals surface area contributed by atoms with Crippen molar-refractivity contribution in [3.05, 3.63) is 46.0 Å². The van der Waals surface area contributed by atoms with Crippen molar-refractivity contribution in [1.29, 1.82) is 0 Å². The molecule has 4 fully saturated rings. The summed E-state index contributed by atoms with van der Waals surface area (Å²) in [5.41, 5.74) is 8.88. The number of hydrazine groups is 1. The number of hydrogen-bond donors (Lipinski definition) is 2. The summed E-state index contributed by atoms with van der Waals surface area (Å²) in [6, 6.07) is 0.499. The van der Waals surface area contributed by atoms with Crippen LogP contribution in [-0.4, -0.2) is 63.6 Å². The second-order valence-corrected chi connectivity index (χ2v) is 12.1. The first-order valence-electron chi connectivity index (χ1n) is 13.6. The van der Waals surface area contributed by atoms with Crippen LogP contribution in [0.3, 0.4) is 0 Å². The Morgan fingerprint density at radius 3 is 2.42 bits per heavy atom. The maximum atomic E-state index is 12.1. The molecule has 1 aliphatic carbocycles. The molecule has 3 aliphatic heterocycles. The van der Waals surface area contributed by atoms with Crippen molar-refractivity contribution >= 4 is 35.1 Å². The summed E-state index contributed by atoms with van der Waals surface area (Å²) >= 11 is 12.7. The molecule has 4 unspecified atom stereocenters. The van der Waals surface area contributed by atoms with E-state index in [1.165, 1.54) is 0 Å². The van der Waals surface area contributed by atoms with Crippen LogP contribution in [0.15, 0.2) is 24.8 Å². The largest absolute Gasteiger partial charge is 0.370 e. The van der Waals surface area contributed by atoms with Gasteiger partial charge in [-0.1, -0.05) is 23.2 Å². The lowest BCUT2D eigenvalue weighted by atomic mass is 9.78. The van der Waals surface area contributed by atoms with Crippen molar-refractivity contribution < 1.29 is 9.53 Å². The number of fused-ring (bicyclic) bond motifs is 1. The molecule has 4 aliphatic rings. The van der Waals surface area contributed by atoms with E-state index in [2.05, 4.69) is 20.7 Å². The molecule has 1 spiro atoms. The van der Waals surface area contributed by atoms with Gasteiger partial charge in [0.25, 0.3) is 0 Å². The van der Waals surface area contributed by atoms with E-state index in [9.17, 15) is 4.79 Å². The highest BCUT2D eigenvalue weighted by Gasteiger charge is 2.45. The van der Waals surface area contributed by atoms with E-state index in [0.717, 1.165) is 68.7 Å². The number of carbonyl (C=O) groups excluding carboxylic acids is 1. The summed E-state index contributed by atoms with van der Waals surface area (Å²) in [5.74, 6) is 1.40. The molecule has 204 valence electrons. The lowest BCUT2D eigenvalue weighted by Crippen LogP contribution is -2.52. The topological polar surface area (TPSA) is 95.5 Å². The summed E-state index contributed by atoms with van der Waals surface area (Å²) < 4.78 is 6.47. The molecule has 0 aromatic carbocycles. The number of nitrogens with zero attached hydrogens (tertiary/aromatic N) is 5. The average Bonchev–Trinajstić information content (AvgIpc) is 3.46. The number of pyridine rings is 1. The summed E-state index contributed by atoms with van der Waals surface area (Å²) in [6.45, 7) is 3.74. The van der Waals surface area contributed by atoms with Gasteiger partial charge in [-0.15, -0.1) is 0 Å². The number of piperidine rings is 1. The predicted molar refractivity (Wildman–Crippen MR) is 146 cm³/mol. The zero-order valence-corrected chi connectivity index (χ0v) is 23.4. The molecule has 6 rings (SSSR count). The minimum Gasteiger partial charge on any atom is -0.370 e. The van der Waals surface area contributed by atoms with E-state index in [1.807, 2.05) is 31.3 Å². The first kappa shape index (κ1) is 26.2. The van der Waals surface area contributed by atoms with Crippen molar-refractivity contribution in [2.75, 3.05) is 25.0 Å². The number of rotatable bonds is 5. The first-order chi connectivity index (χ1) is 18.3. The van der Waals surface area contributed by atoms with E-state index in [1.54, 1.807) is 12.4 Å². The fourth-order valence-corrected chi connectivity index (χ4v) is 7.61. The molecule has 1 saturated carbocycles. The van der Waals surface area contributed by atoms with Gasteiger partial charge >= 0.3 is 0 Å². The fraction of sp³-hybridized carbons (Fsp3) is 0.630. The van der Waals surface area contributed by atoms with Crippen LogP contribution in [0.4, 0.5) is 5.95 Å². The smallest absolute Gasteiger partial charge is 0.225 e. The summed E-state index contributed by atoms with van der Waals surface area (Å²) in [4.78, 5) is 29.9. The van der Waals surface area contributed by atoms with Gasteiger partial charge in [0, 0.05) is 74.1 Å². The third kappa shape index (κ3) is 4.77. The Labute approximate surface area is 233 Å². The van der Waals surface area contributed by atoms with E-state index in [0.29, 0.717) is 28.4 Å². The monoisotopic (exact) mass is 559 g/mol. The number of likely N-dealkylation sites (tertiary alicyclic amines) is 1. The lowest BCUT2D eigenvalue weighted by Gasteiger charge is -2.43. The molecular weight excluding hydrogens is 525 g/mol. The molecule has 2 aromatic rings. The van der Waals surface area contributed by atoms with Crippen LogP contribution in [-0.2, 0) is 9.53 Å². The van der Waals surface area contributed by atoms with Crippen molar-refractivity contribution in [1.82, 2.24) is 30.7 Å². The number of anilines is 1. The Morgan fingerprint density at radius 1 is 1.05 bits per heavy atom. The van der Waals surface area contributed by atoms with Gasteiger partial charge in [-0.2, -0.15) is 0 Å². The zero-order valence-electron chi connectivity index (χ0n) is 21.9. The Bertz CT molecular complexity index is 1150. The van der Waals surface area contributed by atoms with Crippen LogP contribution in [0.1, 0.15) is 75.1 Å². The number of halogens is 2. The van der Waals surface area contributed by atoms with Crippen molar-refractivity contribution in [2.45, 2.75) is 81.7 Å². The Balaban J connectivity index is 1.09. The van der Waals surface area contributed by atoms with Crippen LogP contribution < -0.4 is 15.8 Å². The molecule has 1 amide bonds. The molecule has 0 radical (unpaired) electrons. The average molecular weight is 561 g/mol. The summed E-state index contributed by atoms with van der Waals surface area (Å²) in [7, 11) is 1.96. The maximum Gasteiger partial charge on any atom is 0.225 e. The molecular formula is C27H35Cl2N7O2. The minimum atomic E-state index is -0.214. The molecule has 5 heterocycles. The third-order valence-electron chi connectivity index (χ3n) is 9.28. The highest BCUT2D eigenvalue weighted by Crippen LogP contribution is 2.42. The van der Waals surface area contributed by atoms with Gasteiger partial charge in [0.1, 0.15) is 0 Å². The van der Waals surface area contributed by atoms with E-state index >= 15 is 0 Å². The molecule has 3 saturated heterocycles. The molecule has 9 nitrogen and oxygen atoms in total. The number of nitrogens with one attached hydrogen (secondary N) is 2. The van der Waals surface area contributed by atoms with Gasteiger partial charge in [-0.05, 0) is 51.4 Å². The molecule has 2 aromatic heterocycles. The number of ether oxygens (including phenoxy) is 1. The molecule has 11 heteroatoms. The van der Waals surface area contributed by atoms with Crippen LogP contribution in [0, 0.1) is 5.92 Å². The number of carbonyl (C=O) groups is 1. The highest BCUT2D eigenvalue weighted by molar-refractivity contribution is 6.35. The van der Waals surface area contributed by atoms with E-state index in [-0.39, 0.29) is 29.7 Å². The number of hydrogen-bond acceptors (Lipinski definition) is 8. The standard InChI is InChI=1S/C27H35Cl2N7O2/c1-16(24-20(28)14-30-15-21(24)29)38-18-3-4-22-19(11-18)25(34-33-22)17-12-31-26(32-13-17)36-9-7-27(8-10-36)6-5-23(37)35(27)2/h12-16,18-19,22,25,33-34H,3-11H2,1-2H3/t16-,18?,19?,22?,25?/m1/s1. The third-order valence-corrected chi connectivity index (χ3v) is 9.88. The van der Waals surface area contributed by atoms with E-state index in [4.69, 9.17) is 37.9 Å². The quantitative estimate of drug-likeness (QED) is 0.561. The predicted octanol–water partition coefficient (Wildman–Crippen LogP) is 4.23. The van der Waals surface area contributed by atoms with Gasteiger partial charge in [0.05, 0.1) is 28.3 Å². The molecule has 5 atom stereocenters. The first-order valence-corrected chi connectivity index (χ1v) is 14.4. The fourth-order valence-electron chi connectivity index (χ4n) is 6.94. The second kappa shape index (κ2) is 10.5. The summed E-state index contributed by atoms with van der Waals surface area (Å²) in [6.07, 6.45) is 13.5. The molecule has 2 N–H and O–H groups in total. The Hall–Kier alpha value is -2.04.